The summed E-state index contributed by atoms with van der Waals surface area (Å²) in [5, 5.41) is 4.31. The lowest BCUT2D eigenvalue weighted by molar-refractivity contribution is 0.0121. The number of aryl methyl sites for hydroxylation is 2. The Hall–Kier alpha value is -3.39. The van der Waals surface area contributed by atoms with Gasteiger partial charge in [0.25, 0.3) is 5.56 Å². The fourth-order valence-corrected chi connectivity index (χ4v) is 4.48. The average Bonchev–Trinajstić information content (AvgIpc) is 2.81. The van der Waals surface area contributed by atoms with Crippen LogP contribution in [-0.4, -0.2) is 40.9 Å². The van der Waals surface area contributed by atoms with E-state index >= 15 is 0 Å². The predicted octanol–water partition coefficient (Wildman–Crippen LogP) is 5.12. The molecule has 0 radical (unpaired) electrons. The lowest BCUT2D eigenvalue weighted by Gasteiger charge is -2.29. The van der Waals surface area contributed by atoms with Crippen molar-refractivity contribution in [3.05, 3.63) is 98.7 Å². The van der Waals surface area contributed by atoms with Crippen LogP contribution in [0.4, 0.5) is 13.2 Å². The van der Waals surface area contributed by atoms with Crippen molar-refractivity contribution >= 4 is 5.71 Å². The summed E-state index contributed by atoms with van der Waals surface area (Å²) in [6.45, 7) is 8.26. The molecule has 1 saturated heterocycles. The maximum atomic E-state index is 14.8. The van der Waals surface area contributed by atoms with Gasteiger partial charge in [0, 0.05) is 42.5 Å². The molecule has 0 unspecified atom stereocenters. The van der Waals surface area contributed by atoms with Gasteiger partial charge in [-0.25, -0.2) is 13.2 Å². The number of likely N-dealkylation sites (tertiary alicyclic amines) is 1. The number of hydrogen-bond acceptors (Lipinski definition) is 4. The van der Waals surface area contributed by atoms with Crippen LogP contribution >= 0.6 is 0 Å². The van der Waals surface area contributed by atoms with Crippen LogP contribution in [0.2, 0.25) is 0 Å². The highest BCUT2D eigenvalue weighted by atomic mass is 19.1. The number of pyridine rings is 1. The molecule has 2 heterocycles. The smallest absolute Gasteiger partial charge is 0.255 e. The summed E-state index contributed by atoms with van der Waals surface area (Å²) in [6, 6.07) is 8.80. The SMILES string of the molecule is CCN1CCC(O/N=C(/c2ccc(=O)n(-c3c(C)cc(F)cc3C)c2)c2ccc(F)cc2F)CC1. The van der Waals surface area contributed by atoms with Crippen LogP contribution in [0.1, 0.15) is 42.0 Å². The first-order valence-corrected chi connectivity index (χ1v) is 11.7. The molecule has 1 aromatic heterocycles. The molecule has 2 aromatic carbocycles. The zero-order valence-corrected chi connectivity index (χ0v) is 20.0. The van der Waals surface area contributed by atoms with Gasteiger partial charge in [-0.1, -0.05) is 12.1 Å². The molecule has 0 saturated carbocycles. The van der Waals surface area contributed by atoms with E-state index in [9.17, 15) is 18.0 Å². The van der Waals surface area contributed by atoms with E-state index in [0.29, 0.717) is 22.4 Å². The Balaban J connectivity index is 1.78. The van der Waals surface area contributed by atoms with Crippen molar-refractivity contribution in [1.82, 2.24) is 9.47 Å². The highest BCUT2D eigenvalue weighted by Gasteiger charge is 2.21. The molecule has 0 atom stereocenters. The van der Waals surface area contributed by atoms with Gasteiger partial charge in [-0.15, -0.1) is 0 Å². The van der Waals surface area contributed by atoms with Crippen molar-refractivity contribution in [3.8, 4) is 5.69 Å². The van der Waals surface area contributed by atoms with Crippen molar-refractivity contribution in [2.75, 3.05) is 19.6 Å². The number of nitrogens with zero attached hydrogens (tertiary/aromatic N) is 3. The van der Waals surface area contributed by atoms with Crippen molar-refractivity contribution in [2.45, 2.75) is 39.7 Å². The van der Waals surface area contributed by atoms with Crippen LogP contribution in [-0.2, 0) is 4.84 Å². The second-order valence-electron chi connectivity index (χ2n) is 8.82. The quantitative estimate of drug-likeness (QED) is 0.361. The van der Waals surface area contributed by atoms with Gasteiger partial charge in [0.15, 0.2) is 0 Å². The zero-order valence-electron chi connectivity index (χ0n) is 20.0. The van der Waals surface area contributed by atoms with Crippen molar-refractivity contribution in [1.29, 1.82) is 0 Å². The first kappa shape index (κ1) is 24.7. The van der Waals surface area contributed by atoms with E-state index in [1.165, 1.54) is 41.1 Å². The Labute approximate surface area is 202 Å². The van der Waals surface area contributed by atoms with Crippen LogP contribution in [0.3, 0.4) is 0 Å². The van der Waals surface area contributed by atoms with Crippen LogP contribution in [0.5, 0.6) is 0 Å². The third-order valence-electron chi connectivity index (χ3n) is 6.34. The number of halogens is 3. The Kier molecular flexibility index (Phi) is 7.40. The molecule has 5 nitrogen and oxygen atoms in total. The van der Waals surface area contributed by atoms with Gasteiger partial charge in [-0.2, -0.15) is 0 Å². The third kappa shape index (κ3) is 5.48. The van der Waals surface area contributed by atoms with Gasteiger partial charge in [-0.05, 0) is 74.7 Å². The van der Waals surface area contributed by atoms with Gasteiger partial charge in [0.05, 0.1) is 5.69 Å². The minimum Gasteiger partial charge on any atom is -0.392 e. The van der Waals surface area contributed by atoms with Crippen molar-refractivity contribution < 1.29 is 18.0 Å². The van der Waals surface area contributed by atoms with E-state index in [1.54, 1.807) is 13.8 Å². The van der Waals surface area contributed by atoms with Crippen LogP contribution in [0.15, 0.2) is 58.6 Å². The monoisotopic (exact) mass is 483 g/mol. The number of rotatable bonds is 6. The van der Waals surface area contributed by atoms with Crippen molar-refractivity contribution in [2.24, 2.45) is 5.16 Å². The fraction of sp³-hybridized carbons (Fsp3) is 0.333. The average molecular weight is 484 g/mol. The highest BCUT2D eigenvalue weighted by molar-refractivity contribution is 6.12. The molecule has 0 N–H and O–H groups in total. The number of piperidine rings is 1. The van der Waals surface area contributed by atoms with E-state index in [1.807, 2.05) is 0 Å². The summed E-state index contributed by atoms with van der Waals surface area (Å²) in [7, 11) is 0. The van der Waals surface area contributed by atoms with E-state index in [0.717, 1.165) is 44.6 Å². The normalized spacial score (nSPS) is 15.4. The molecule has 184 valence electrons. The van der Waals surface area contributed by atoms with Crippen LogP contribution in [0.25, 0.3) is 5.69 Å². The minimum atomic E-state index is -0.792. The molecule has 8 heteroatoms. The molecule has 1 aliphatic heterocycles. The maximum Gasteiger partial charge on any atom is 0.255 e. The Morgan fingerprint density at radius 1 is 1.00 bits per heavy atom. The molecule has 3 aromatic rings. The number of hydrogen-bond donors (Lipinski definition) is 0. The lowest BCUT2D eigenvalue weighted by Crippen LogP contribution is -2.36. The molecule has 35 heavy (non-hydrogen) atoms. The molecule has 1 fully saturated rings. The molecule has 4 rings (SSSR count). The van der Waals surface area contributed by atoms with Gasteiger partial charge < -0.3 is 9.74 Å². The molecule has 0 bridgehead atoms. The number of oxime groups is 1. The molecular weight excluding hydrogens is 455 g/mol. The summed E-state index contributed by atoms with van der Waals surface area (Å²) < 4.78 is 43.7. The molecule has 1 aliphatic rings. The second kappa shape index (κ2) is 10.5. The van der Waals surface area contributed by atoms with E-state index in [4.69, 9.17) is 4.84 Å². The first-order chi connectivity index (χ1) is 16.8. The summed E-state index contributed by atoms with van der Waals surface area (Å²) in [5.41, 5.74) is 1.95. The largest absolute Gasteiger partial charge is 0.392 e. The summed E-state index contributed by atoms with van der Waals surface area (Å²) in [4.78, 5) is 20.9. The zero-order chi connectivity index (χ0) is 25.1. The fourth-order valence-electron chi connectivity index (χ4n) is 4.48. The minimum absolute atomic E-state index is 0.0511. The summed E-state index contributed by atoms with van der Waals surface area (Å²) in [5.74, 6) is -1.90. The van der Waals surface area contributed by atoms with Crippen molar-refractivity contribution in [3.63, 3.8) is 0 Å². The summed E-state index contributed by atoms with van der Waals surface area (Å²) >= 11 is 0. The molecule has 0 amide bonds. The Bertz CT molecular complexity index is 1290. The standard InChI is InChI=1S/C27H28F3N3O2/c1-4-32-11-9-22(10-12-32)35-31-26(23-7-6-20(28)15-24(23)30)19-5-8-25(34)33(16-19)27-17(2)13-21(29)14-18(27)3/h5-8,13-16,22H,4,9-12H2,1-3H3/b31-26-. The molecule has 0 spiro atoms. The van der Waals surface area contributed by atoms with E-state index in [2.05, 4.69) is 17.0 Å². The lowest BCUT2D eigenvalue weighted by atomic mass is 10.0. The highest BCUT2D eigenvalue weighted by Crippen LogP contribution is 2.22. The second-order valence-corrected chi connectivity index (χ2v) is 8.82. The first-order valence-electron chi connectivity index (χ1n) is 11.7. The van der Waals surface area contributed by atoms with Gasteiger partial charge in [0.2, 0.25) is 0 Å². The number of aromatic nitrogens is 1. The number of benzene rings is 2. The Morgan fingerprint density at radius 3 is 2.31 bits per heavy atom. The predicted molar refractivity (Wildman–Crippen MR) is 130 cm³/mol. The van der Waals surface area contributed by atoms with Gasteiger partial charge in [-0.3, -0.25) is 9.36 Å². The summed E-state index contributed by atoms with van der Waals surface area (Å²) in [6.07, 6.45) is 2.96. The van der Waals surface area contributed by atoms with E-state index in [-0.39, 0.29) is 22.9 Å². The molecule has 0 aliphatic carbocycles. The molecular formula is C27H28F3N3O2. The van der Waals surface area contributed by atoms with Gasteiger partial charge >= 0.3 is 0 Å². The van der Waals surface area contributed by atoms with Crippen LogP contribution in [0, 0.1) is 31.3 Å². The topological polar surface area (TPSA) is 46.8 Å². The maximum absolute atomic E-state index is 14.8. The van der Waals surface area contributed by atoms with Gasteiger partial charge in [0.1, 0.15) is 29.3 Å². The van der Waals surface area contributed by atoms with E-state index < -0.39 is 17.5 Å². The Morgan fingerprint density at radius 2 is 1.69 bits per heavy atom. The third-order valence-corrected chi connectivity index (χ3v) is 6.34. The van der Waals surface area contributed by atoms with Crippen LogP contribution < -0.4 is 5.56 Å².